The van der Waals surface area contributed by atoms with Crippen molar-refractivity contribution in [3.05, 3.63) is 94.0 Å². The summed E-state index contributed by atoms with van der Waals surface area (Å²) in [6.07, 6.45) is -3.28. The molecule has 0 saturated carbocycles. The van der Waals surface area contributed by atoms with E-state index in [1.807, 2.05) is 31.2 Å². The van der Waals surface area contributed by atoms with Crippen LogP contribution in [0.5, 0.6) is 5.75 Å². The Balaban J connectivity index is 1.46. The Kier molecular flexibility index (Phi) is 9.44. The summed E-state index contributed by atoms with van der Waals surface area (Å²) in [4.78, 5) is 35.9. The van der Waals surface area contributed by atoms with Crippen molar-refractivity contribution in [2.45, 2.75) is 19.6 Å². The van der Waals surface area contributed by atoms with Crippen LogP contribution in [0.2, 0.25) is 5.02 Å². The van der Waals surface area contributed by atoms with Crippen molar-refractivity contribution in [1.82, 2.24) is 10.7 Å². The van der Waals surface area contributed by atoms with E-state index in [1.54, 1.807) is 0 Å². The SMILES string of the molecule is Cc1ccc(CNC(=O)C(=O)N/N=C\c2ccc(OCC(=O)Nc3cccc(C(F)(F)F)c3)c(Cl)c2)cc1. The van der Waals surface area contributed by atoms with Crippen molar-refractivity contribution in [1.29, 1.82) is 0 Å². The third-order valence-corrected chi connectivity index (χ3v) is 5.24. The van der Waals surface area contributed by atoms with Crippen LogP contribution in [-0.4, -0.2) is 30.5 Å². The van der Waals surface area contributed by atoms with Crippen LogP contribution in [0.15, 0.2) is 71.8 Å². The van der Waals surface area contributed by atoms with Crippen LogP contribution in [0.3, 0.4) is 0 Å². The highest BCUT2D eigenvalue weighted by molar-refractivity contribution is 6.35. The van der Waals surface area contributed by atoms with Crippen LogP contribution in [-0.2, 0) is 27.1 Å². The predicted molar refractivity (Wildman–Crippen MR) is 136 cm³/mol. The van der Waals surface area contributed by atoms with Gasteiger partial charge in [-0.1, -0.05) is 47.5 Å². The number of nitrogens with zero attached hydrogens (tertiary/aromatic N) is 1. The quantitative estimate of drug-likeness (QED) is 0.220. The van der Waals surface area contributed by atoms with Gasteiger partial charge in [0.05, 0.1) is 16.8 Å². The van der Waals surface area contributed by atoms with Crippen LogP contribution >= 0.6 is 11.6 Å². The van der Waals surface area contributed by atoms with E-state index in [2.05, 4.69) is 21.2 Å². The molecule has 0 spiro atoms. The molecular weight excluding hydrogens is 525 g/mol. The number of anilines is 1. The van der Waals surface area contributed by atoms with Crippen molar-refractivity contribution >= 4 is 41.2 Å². The van der Waals surface area contributed by atoms with Crippen molar-refractivity contribution in [2.24, 2.45) is 5.10 Å². The lowest BCUT2D eigenvalue weighted by atomic mass is 10.1. The number of carbonyl (C=O) groups excluding carboxylic acids is 3. The molecule has 3 aromatic carbocycles. The molecule has 0 heterocycles. The van der Waals surface area contributed by atoms with Crippen LogP contribution in [0.1, 0.15) is 22.3 Å². The zero-order valence-corrected chi connectivity index (χ0v) is 20.7. The maximum absolute atomic E-state index is 12.8. The van der Waals surface area contributed by atoms with Gasteiger partial charge in [0.25, 0.3) is 5.91 Å². The highest BCUT2D eigenvalue weighted by Gasteiger charge is 2.30. The Bertz CT molecular complexity index is 1350. The van der Waals surface area contributed by atoms with Crippen LogP contribution in [0, 0.1) is 6.92 Å². The van der Waals surface area contributed by atoms with Gasteiger partial charge in [-0.3, -0.25) is 14.4 Å². The van der Waals surface area contributed by atoms with Gasteiger partial charge in [0.15, 0.2) is 6.61 Å². The van der Waals surface area contributed by atoms with Gasteiger partial charge in [0.1, 0.15) is 5.75 Å². The zero-order chi connectivity index (χ0) is 27.7. The number of hydrogen-bond donors (Lipinski definition) is 3. The number of hydrazone groups is 1. The van der Waals surface area contributed by atoms with Crippen LogP contribution < -0.4 is 20.8 Å². The van der Waals surface area contributed by atoms with Crippen molar-refractivity contribution in [3.8, 4) is 5.75 Å². The number of amides is 3. The first-order valence-corrected chi connectivity index (χ1v) is 11.5. The summed E-state index contributed by atoms with van der Waals surface area (Å²) in [5.41, 5.74) is 3.55. The number of alkyl halides is 3. The van der Waals surface area contributed by atoms with Crippen molar-refractivity contribution in [3.63, 3.8) is 0 Å². The van der Waals surface area contributed by atoms with Gasteiger partial charge in [0.2, 0.25) is 0 Å². The minimum atomic E-state index is -4.53. The molecule has 3 amide bonds. The number of nitrogens with one attached hydrogen (secondary N) is 3. The van der Waals surface area contributed by atoms with E-state index in [0.717, 1.165) is 23.3 Å². The van der Waals surface area contributed by atoms with Gasteiger partial charge in [0, 0.05) is 12.2 Å². The molecule has 3 N–H and O–H groups in total. The van der Waals surface area contributed by atoms with Gasteiger partial charge >= 0.3 is 18.0 Å². The molecule has 0 saturated heterocycles. The van der Waals surface area contributed by atoms with E-state index in [-0.39, 0.29) is 23.0 Å². The molecule has 0 atom stereocenters. The number of rotatable bonds is 8. The summed E-state index contributed by atoms with van der Waals surface area (Å²) in [5.74, 6) is -2.35. The predicted octanol–water partition coefficient (Wildman–Crippen LogP) is 4.45. The monoisotopic (exact) mass is 546 g/mol. The Morgan fingerprint density at radius 2 is 1.74 bits per heavy atom. The Morgan fingerprint density at radius 3 is 2.42 bits per heavy atom. The zero-order valence-electron chi connectivity index (χ0n) is 19.9. The Morgan fingerprint density at radius 1 is 1.00 bits per heavy atom. The molecule has 0 aliphatic rings. The van der Waals surface area contributed by atoms with E-state index in [0.29, 0.717) is 5.56 Å². The summed E-state index contributed by atoms with van der Waals surface area (Å²) in [6, 6.07) is 16.1. The second kappa shape index (κ2) is 12.7. The minimum absolute atomic E-state index is 0.0306. The molecule has 0 aromatic heterocycles. The fraction of sp³-hybridized carbons (Fsp3) is 0.154. The molecular formula is C26H22ClF3N4O4. The van der Waals surface area contributed by atoms with Gasteiger partial charge in [-0.05, 0) is 54.4 Å². The van der Waals surface area contributed by atoms with E-state index in [4.69, 9.17) is 16.3 Å². The molecule has 8 nitrogen and oxygen atoms in total. The van der Waals surface area contributed by atoms with Crippen molar-refractivity contribution < 1.29 is 32.3 Å². The van der Waals surface area contributed by atoms with Crippen LogP contribution in [0.4, 0.5) is 18.9 Å². The molecule has 198 valence electrons. The van der Waals surface area contributed by atoms with Crippen molar-refractivity contribution in [2.75, 3.05) is 11.9 Å². The molecule has 0 radical (unpaired) electrons. The second-order valence-electron chi connectivity index (χ2n) is 7.97. The standard InChI is InChI=1S/C26H22ClF3N4O4/c1-16-5-7-17(8-6-16)13-31-24(36)25(37)34-32-14-18-9-10-22(21(27)11-18)38-15-23(35)33-20-4-2-3-19(12-20)26(28,29)30/h2-12,14H,13,15H2,1H3,(H,31,36)(H,33,35)(H,34,37)/b32-14-. The van der Waals surface area contributed by atoms with Gasteiger partial charge in [-0.15, -0.1) is 0 Å². The fourth-order valence-electron chi connectivity index (χ4n) is 3.01. The molecule has 3 rings (SSSR count). The second-order valence-corrected chi connectivity index (χ2v) is 8.38. The summed E-state index contributed by atoms with van der Waals surface area (Å²) in [7, 11) is 0. The molecule has 38 heavy (non-hydrogen) atoms. The van der Waals surface area contributed by atoms with E-state index >= 15 is 0 Å². The lowest BCUT2D eigenvalue weighted by molar-refractivity contribution is -0.139. The maximum Gasteiger partial charge on any atom is 0.416 e. The number of hydrogen-bond acceptors (Lipinski definition) is 5. The lowest BCUT2D eigenvalue weighted by Crippen LogP contribution is -2.37. The first-order chi connectivity index (χ1) is 18.0. The molecule has 12 heteroatoms. The van der Waals surface area contributed by atoms with Crippen LogP contribution in [0.25, 0.3) is 0 Å². The largest absolute Gasteiger partial charge is 0.482 e. The molecule has 3 aromatic rings. The number of benzene rings is 3. The fourth-order valence-corrected chi connectivity index (χ4v) is 3.26. The first kappa shape index (κ1) is 28.2. The summed E-state index contributed by atoms with van der Waals surface area (Å²) in [5, 5.41) is 8.64. The number of carbonyl (C=O) groups is 3. The number of ether oxygens (including phenoxy) is 1. The van der Waals surface area contributed by atoms with E-state index in [1.165, 1.54) is 36.5 Å². The molecule has 0 aliphatic heterocycles. The Labute approximate surface area is 220 Å². The third-order valence-electron chi connectivity index (χ3n) is 4.95. The maximum atomic E-state index is 12.8. The Hall–Kier alpha value is -4.38. The van der Waals surface area contributed by atoms with Gasteiger partial charge in [-0.25, -0.2) is 5.43 Å². The highest BCUT2D eigenvalue weighted by atomic mass is 35.5. The average Bonchev–Trinajstić information content (AvgIpc) is 2.87. The molecule has 0 unspecified atom stereocenters. The normalized spacial score (nSPS) is 11.2. The topological polar surface area (TPSA) is 109 Å². The summed E-state index contributed by atoms with van der Waals surface area (Å²) < 4.78 is 43.7. The summed E-state index contributed by atoms with van der Waals surface area (Å²) >= 11 is 6.15. The number of aryl methyl sites for hydroxylation is 1. The molecule has 0 bridgehead atoms. The third kappa shape index (κ3) is 8.63. The van der Waals surface area contributed by atoms with E-state index in [9.17, 15) is 27.6 Å². The smallest absolute Gasteiger partial charge is 0.416 e. The van der Waals surface area contributed by atoms with Gasteiger partial charge in [-0.2, -0.15) is 18.3 Å². The molecule has 0 aliphatic carbocycles. The summed E-state index contributed by atoms with van der Waals surface area (Å²) in [6.45, 7) is 1.62. The number of halogens is 4. The average molecular weight is 547 g/mol. The molecule has 0 fully saturated rings. The lowest BCUT2D eigenvalue weighted by Gasteiger charge is -2.11. The minimum Gasteiger partial charge on any atom is -0.482 e. The van der Waals surface area contributed by atoms with E-state index < -0.39 is 36.1 Å². The first-order valence-electron chi connectivity index (χ1n) is 11.1. The van der Waals surface area contributed by atoms with Gasteiger partial charge < -0.3 is 15.4 Å². The highest BCUT2D eigenvalue weighted by Crippen LogP contribution is 2.30.